The summed E-state index contributed by atoms with van der Waals surface area (Å²) in [6.07, 6.45) is 2.54. The number of carbonyl (C=O) groups excluding carboxylic acids is 1. The van der Waals surface area contributed by atoms with E-state index in [1.165, 1.54) is 23.1 Å². The highest BCUT2D eigenvalue weighted by Crippen LogP contribution is 2.28. The molecule has 0 saturated carbocycles. The van der Waals surface area contributed by atoms with Crippen molar-refractivity contribution in [3.63, 3.8) is 0 Å². The molecule has 0 radical (unpaired) electrons. The van der Waals surface area contributed by atoms with Crippen LogP contribution < -0.4 is 15.4 Å². The van der Waals surface area contributed by atoms with E-state index in [0.29, 0.717) is 13.1 Å². The van der Waals surface area contributed by atoms with Crippen LogP contribution >= 0.6 is 23.1 Å². The molecular formula is C17H22N4O2S2. The van der Waals surface area contributed by atoms with Gasteiger partial charge in [0.25, 0.3) is 0 Å². The van der Waals surface area contributed by atoms with Crippen LogP contribution in [0.15, 0.2) is 41.3 Å². The number of methoxy groups -OCH3 is 1. The van der Waals surface area contributed by atoms with Crippen LogP contribution in [0.5, 0.6) is 5.75 Å². The van der Waals surface area contributed by atoms with Crippen LogP contribution in [0.3, 0.4) is 0 Å². The number of carbonyl (C=O) groups is 1. The number of aromatic nitrogens is 2. The van der Waals surface area contributed by atoms with Gasteiger partial charge in [-0.25, -0.2) is 0 Å². The molecule has 1 heterocycles. The van der Waals surface area contributed by atoms with Gasteiger partial charge in [0, 0.05) is 13.1 Å². The Bertz CT molecular complexity index is 688. The van der Waals surface area contributed by atoms with Crippen LogP contribution in [0.4, 0.5) is 5.13 Å². The number of hydrogen-bond acceptors (Lipinski definition) is 7. The topological polar surface area (TPSA) is 76.1 Å². The van der Waals surface area contributed by atoms with Gasteiger partial charge in [-0.2, -0.15) is 0 Å². The molecule has 6 nitrogen and oxygen atoms in total. The van der Waals surface area contributed by atoms with E-state index in [1.54, 1.807) is 13.2 Å². The Morgan fingerprint density at radius 2 is 2.16 bits per heavy atom. The van der Waals surface area contributed by atoms with E-state index in [1.807, 2.05) is 31.2 Å². The standard InChI is InChI=1S/C17H22N4O2S2/c1-4-10-19-16-20-21-17(25-16)24-12(2)15(22)18-11-9-13-5-7-14(23-3)8-6-13/h4-8,12H,1,9-11H2,2-3H3,(H,18,22)(H,19,20)/t12-/m0/s1. The Morgan fingerprint density at radius 3 is 2.84 bits per heavy atom. The monoisotopic (exact) mass is 378 g/mol. The normalized spacial score (nSPS) is 11.6. The lowest BCUT2D eigenvalue weighted by molar-refractivity contribution is -0.120. The molecule has 1 atom stereocenters. The predicted octanol–water partition coefficient (Wildman–Crippen LogP) is 2.98. The highest BCUT2D eigenvalue weighted by atomic mass is 32.2. The Kier molecular flexibility index (Phi) is 7.75. The zero-order valence-corrected chi connectivity index (χ0v) is 16.0. The summed E-state index contributed by atoms with van der Waals surface area (Å²) < 4.78 is 5.90. The second-order valence-electron chi connectivity index (χ2n) is 5.19. The van der Waals surface area contributed by atoms with E-state index in [0.717, 1.165) is 27.2 Å². The minimum atomic E-state index is -0.226. The molecule has 2 aromatic rings. The summed E-state index contributed by atoms with van der Waals surface area (Å²) >= 11 is 2.84. The molecule has 1 aromatic carbocycles. The largest absolute Gasteiger partial charge is 0.497 e. The molecule has 1 aromatic heterocycles. The molecule has 0 aliphatic heterocycles. The summed E-state index contributed by atoms with van der Waals surface area (Å²) in [6, 6.07) is 7.84. The van der Waals surface area contributed by atoms with Gasteiger partial charge in [-0.3, -0.25) is 4.79 Å². The summed E-state index contributed by atoms with van der Waals surface area (Å²) in [5, 5.41) is 14.7. The van der Waals surface area contributed by atoms with Crippen molar-refractivity contribution in [1.29, 1.82) is 0 Å². The van der Waals surface area contributed by atoms with Crippen LogP contribution in [0.1, 0.15) is 12.5 Å². The molecule has 1 amide bonds. The molecule has 0 aliphatic rings. The minimum absolute atomic E-state index is 0.00527. The molecule has 25 heavy (non-hydrogen) atoms. The first-order chi connectivity index (χ1) is 12.1. The Labute approximate surface area is 156 Å². The number of nitrogens with zero attached hydrogens (tertiary/aromatic N) is 2. The summed E-state index contributed by atoms with van der Waals surface area (Å²) in [4.78, 5) is 12.2. The fourth-order valence-electron chi connectivity index (χ4n) is 1.96. The lowest BCUT2D eigenvalue weighted by Gasteiger charge is -2.10. The SMILES string of the molecule is C=CCNc1nnc(S[C@@H](C)C(=O)NCCc2ccc(OC)cc2)s1. The van der Waals surface area contributed by atoms with Crippen LogP contribution in [-0.2, 0) is 11.2 Å². The Morgan fingerprint density at radius 1 is 1.40 bits per heavy atom. The molecule has 2 N–H and O–H groups in total. The molecule has 0 unspecified atom stereocenters. The third-order valence-electron chi connectivity index (χ3n) is 3.32. The third-order valence-corrected chi connectivity index (χ3v) is 5.39. The van der Waals surface area contributed by atoms with Crippen molar-refractivity contribution >= 4 is 34.1 Å². The summed E-state index contributed by atoms with van der Waals surface area (Å²) in [5.74, 6) is 0.825. The minimum Gasteiger partial charge on any atom is -0.497 e. The Hall–Kier alpha value is -2.06. The zero-order valence-electron chi connectivity index (χ0n) is 14.3. The van der Waals surface area contributed by atoms with Gasteiger partial charge in [-0.05, 0) is 31.0 Å². The molecule has 0 bridgehead atoms. The lowest BCUT2D eigenvalue weighted by atomic mass is 10.1. The second-order valence-corrected chi connectivity index (χ2v) is 7.76. The maximum Gasteiger partial charge on any atom is 0.233 e. The number of anilines is 1. The van der Waals surface area contributed by atoms with Gasteiger partial charge in [0.15, 0.2) is 4.34 Å². The quantitative estimate of drug-likeness (QED) is 0.489. The molecular weight excluding hydrogens is 356 g/mol. The average molecular weight is 379 g/mol. The maximum atomic E-state index is 12.2. The molecule has 0 spiro atoms. The summed E-state index contributed by atoms with van der Waals surface area (Å²) in [5.41, 5.74) is 1.16. The highest BCUT2D eigenvalue weighted by molar-refractivity contribution is 8.02. The molecule has 0 aliphatic carbocycles. The maximum absolute atomic E-state index is 12.2. The average Bonchev–Trinajstić information content (AvgIpc) is 3.07. The smallest absolute Gasteiger partial charge is 0.233 e. The summed E-state index contributed by atoms with van der Waals surface area (Å²) in [7, 11) is 1.64. The van der Waals surface area contributed by atoms with E-state index < -0.39 is 0 Å². The number of hydrogen-bond donors (Lipinski definition) is 2. The van der Waals surface area contributed by atoms with Gasteiger partial charge < -0.3 is 15.4 Å². The van der Waals surface area contributed by atoms with Gasteiger partial charge in [0.2, 0.25) is 11.0 Å². The van der Waals surface area contributed by atoms with E-state index in [2.05, 4.69) is 27.4 Å². The van der Waals surface area contributed by atoms with Crippen LogP contribution in [0, 0.1) is 0 Å². The molecule has 0 saturated heterocycles. The van der Waals surface area contributed by atoms with Crippen molar-refractivity contribution in [2.24, 2.45) is 0 Å². The van der Waals surface area contributed by atoms with Gasteiger partial charge in [0.05, 0.1) is 12.4 Å². The van der Waals surface area contributed by atoms with Crippen molar-refractivity contribution in [2.75, 3.05) is 25.5 Å². The number of amides is 1. The molecule has 134 valence electrons. The van der Waals surface area contributed by atoms with E-state index >= 15 is 0 Å². The van der Waals surface area contributed by atoms with Gasteiger partial charge in [0.1, 0.15) is 5.75 Å². The Balaban J connectivity index is 1.73. The number of thioether (sulfide) groups is 1. The number of benzene rings is 1. The van der Waals surface area contributed by atoms with Gasteiger partial charge in [-0.1, -0.05) is 41.3 Å². The number of ether oxygens (including phenoxy) is 1. The third kappa shape index (κ3) is 6.39. The fourth-order valence-corrected chi connectivity index (χ4v) is 3.89. The van der Waals surface area contributed by atoms with Crippen LogP contribution in [0.25, 0.3) is 0 Å². The molecule has 2 rings (SSSR count). The number of rotatable bonds is 10. The molecule has 0 fully saturated rings. The van der Waals surface area contributed by atoms with Crippen molar-refractivity contribution in [2.45, 2.75) is 22.9 Å². The second kappa shape index (κ2) is 10.0. The fraction of sp³-hybridized carbons (Fsp3) is 0.353. The highest BCUT2D eigenvalue weighted by Gasteiger charge is 2.16. The van der Waals surface area contributed by atoms with E-state index in [-0.39, 0.29) is 11.2 Å². The van der Waals surface area contributed by atoms with Gasteiger partial charge >= 0.3 is 0 Å². The number of nitrogens with one attached hydrogen (secondary N) is 2. The van der Waals surface area contributed by atoms with Crippen LogP contribution in [0.2, 0.25) is 0 Å². The lowest BCUT2D eigenvalue weighted by Crippen LogP contribution is -2.32. The molecule has 8 heteroatoms. The van der Waals surface area contributed by atoms with Crippen molar-refractivity contribution in [3.8, 4) is 5.75 Å². The first kappa shape index (κ1) is 19.3. The zero-order chi connectivity index (χ0) is 18.1. The van der Waals surface area contributed by atoms with Crippen molar-refractivity contribution < 1.29 is 9.53 Å². The summed E-state index contributed by atoms with van der Waals surface area (Å²) in [6.45, 7) is 6.74. The van der Waals surface area contributed by atoms with Crippen molar-refractivity contribution in [1.82, 2.24) is 15.5 Å². The van der Waals surface area contributed by atoms with Gasteiger partial charge in [-0.15, -0.1) is 16.8 Å². The van der Waals surface area contributed by atoms with Crippen LogP contribution in [-0.4, -0.2) is 41.6 Å². The first-order valence-corrected chi connectivity index (χ1v) is 9.57. The first-order valence-electron chi connectivity index (χ1n) is 7.88. The predicted molar refractivity (Wildman–Crippen MR) is 104 cm³/mol. The van der Waals surface area contributed by atoms with E-state index in [4.69, 9.17) is 4.74 Å². The van der Waals surface area contributed by atoms with E-state index in [9.17, 15) is 4.79 Å². The van der Waals surface area contributed by atoms with Crippen molar-refractivity contribution in [3.05, 3.63) is 42.5 Å².